The molecule has 0 N–H and O–H groups in total. The Bertz CT molecular complexity index is 906. The molecular weight excluding hydrogens is 543 g/mol. The Hall–Kier alpha value is -0.321. The van der Waals surface area contributed by atoms with Crippen LogP contribution in [0.3, 0.4) is 0 Å². The third kappa shape index (κ3) is 5.92. The van der Waals surface area contributed by atoms with Crippen molar-refractivity contribution in [1.82, 2.24) is 0 Å². The maximum absolute atomic E-state index is 2.72. The first kappa shape index (κ1) is 25.8. The molecule has 33 heavy (non-hydrogen) atoms. The van der Waals surface area contributed by atoms with Gasteiger partial charge in [-0.1, -0.05) is 0 Å². The molecule has 2 aromatic rings. The van der Waals surface area contributed by atoms with E-state index in [2.05, 4.69) is 69.3 Å². The summed E-state index contributed by atoms with van der Waals surface area (Å²) in [5.74, 6) is 0. The molecule has 0 amide bonds. The van der Waals surface area contributed by atoms with E-state index in [4.69, 9.17) is 0 Å². The van der Waals surface area contributed by atoms with Gasteiger partial charge in [0.2, 0.25) is 0 Å². The Labute approximate surface area is 215 Å². The van der Waals surface area contributed by atoms with Crippen molar-refractivity contribution in [2.45, 2.75) is 114 Å². The van der Waals surface area contributed by atoms with Crippen LogP contribution in [0, 0.1) is 0 Å². The van der Waals surface area contributed by atoms with Crippen LogP contribution in [0.1, 0.15) is 112 Å². The van der Waals surface area contributed by atoms with Crippen LogP contribution in [-0.2, 0) is 12.8 Å². The summed E-state index contributed by atoms with van der Waals surface area (Å²) >= 11 is 1.50. The first-order valence-electron chi connectivity index (χ1n) is 13.7. The average molecular weight is 588 g/mol. The number of allylic oxidation sites excluding steroid dienone is 2. The number of hydrogen-bond donors (Lipinski definition) is 0. The third-order valence-corrected chi connectivity index (χ3v) is 21.2. The normalized spacial score (nSPS) is 17.8. The van der Waals surface area contributed by atoms with Crippen molar-refractivity contribution in [3.05, 3.63) is 54.9 Å². The van der Waals surface area contributed by atoms with Crippen LogP contribution in [0.5, 0.6) is 0 Å². The zero-order valence-corrected chi connectivity index (χ0v) is 26.0. The van der Waals surface area contributed by atoms with Gasteiger partial charge in [-0.15, -0.1) is 0 Å². The fraction of sp³-hybridized carbons (Fsp3) is 0.600. The Balaban J connectivity index is 1.57. The molecule has 1 saturated carbocycles. The second-order valence-corrected chi connectivity index (χ2v) is 24.8. The van der Waals surface area contributed by atoms with Gasteiger partial charge in [-0.3, -0.25) is 0 Å². The van der Waals surface area contributed by atoms with Crippen LogP contribution in [0.15, 0.2) is 34.0 Å². The fourth-order valence-corrected chi connectivity index (χ4v) is 22.8. The Kier molecular flexibility index (Phi) is 9.43. The Morgan fingerprint density at radius 3 is 1.55 bits per heavy atom. The molecule has 0 aromatic carbocycles. The first-order chi connectivity index (χ1) is 16.1. The van der Waals surface area contributed by atoms with Crippen LogP contribution in [0.4, 0.5) is 0 Å². The summed E-state index contributed by atoms with van der Waals surface area (Å²) < 4.78 is 3.74. The average Bonchev–Trinajstić information content (AvgIpc) is 3.50. The van der Waals surface area contributed by atoms with Crippen LogP contribution in [-0.4, -0.2) is 18.4 Å². The van der Waals surface area contributed by atoms with Crippen LogP contribution in [0.25, 0.3) is 7.18 Å². The quantitative estimate of drug-likeness (QED) is 0.171. The van der Waals surface area contributed by atoms with E-state index in [0.29, 0.717) is 0 Å². The minimum absolute atomic E-state index is 1.27. The molecular formula is C30H44S2Sn. The van der Waals surface area contributed by atoms with Crippen molar-refractivity contribution in [3.63, 3.8) is 0 Å². The van der Waals surface area contributed by atoms with Gasteiger partial charge in [-0.05, 0) is 0 Å². The molecule has 0 radical (unpaired) electrons. The molecule has 2 aromatic heterocycles. The van der Waals surface area contributed by atoms with Crippen LogP contribution < -0.4 is 0 Å². The molecule has 0 bridgehead atoms. The van der Waals surface area contributed by atoms with Crippen molar-refractivity contribution in [2.24, 2.45) is 0 Å². The van der Waals surface area contributed by atoms with Gasteiger partial charge in [-0.25, -0.2) is 0 Å². The molecule has 1 aliphatic heterocycles. The van der Waals surface area contributed by atoms with Crippen molar-refractivity contribution >= 4 is 48.2 Å². The van der Waals surface area contributed by atoms with Crippen molar-refractivity contribution in [2.75, 3.05) is 0 Å². The monoisotopic (exact) mass is 588 g/mol. The number of aryl methyl sites for hydroxylation is 2. The van der Waals surface area contributed by atoms with E-state index >= 15 is 0 Å². The molecule has 0 atom stereocenters. The van der Waals surface area contributed by atoms with Crippen molar-refractivity contribution in [1.29, 1.82) is 0 Å². The number of rotatable bonds is 12. The van der Waals surface area contributed by atoms with Gasteiger partial charge in [0, 0.05) is 0 Å². The molecule has 4 rings (SSSR count). The minimum atomic E-state index is -2.61. The SMILES string of the molecule is CCCCCCc1csc([C]2=C3CCCCC3=[C](c3cc(CCCCCC)cs3)[Sn]2([CH3])[CH3])c1. The molecule has 0 spiro atoms. The van der Waals surface area contributed by atoms with Gasteiger partial charge in [-0.2, -0.15) is 0 Å². The second-order valence-electron chi connectivity index (χ2n) is 10.8. The maximum atomic E-state index is 2.72. The molecule has 3 heterocycles. The fourth-order valence-electron chi connectivity index (χ4n) is 6.04. The summed E-state index contributed by atoms with van der Waals surface area (Å²) in [4.78, 5) is 8.72. The summed E-state index contributed by atoms with van der Waals surface area (Å²) in [5, 5.41) is 4.97. The topological polar surface area (TPSA) is 0 Å². The van der Waals surface area contributed by atoms with Crippen molar-refractivity contribution in [3.8, 4) is 0 Å². The Morgan fingerprint density at radius 1 is 0.667 bits per heavy atom. The van der Waals surface area contributed by atoms with Gasteiger partial charge in [0.15, 0.2) is 0 Å². The number of unbranched alkanes of at least 4 members (excludes halogenated alkanes) is 6. The zero-order valence-electron chi connectivity index (χ0n) is 21.5. The van der Waals surface area contributed by atoms with Gasteiger partial charge in [0.05, 0.1) is 0 Å². The molecule has 0 saturated heterocycles. The number of hydrogen-bond acceptors (Lipinski definition) is 2. The number of fused-ring (bicyclic) bond motifs is 1. The van der Waals surface area contributed by atoms with E-state index in [0.717, 1.165) is 0 Å². The van der Waals surface area contributed by atoms with E-state index in [9.17, 15) is 0 Å². The van der Waals surface area contributed by atoms with Crippen LogP contribution in [0.2, 0.25) is 9.88 Å². The standard InChI is InChI=1S/C28H38S2.2CH3.Sn/c1-3-5-7-9-13-23-17-27(29-21-23)19-25-15-11-12-16-26(25)20-28-18-24(22-30-28)14-10-8-6-4-2;;;/h17-18,21-22H,3-16H2,1-2H3;2*1H3;. The summed E-state index contributed by atoms with van der Waals surface area (Å²) in [5.41, 5.74) is 6.79. The molecule has 1 aliphatic carbocycles. The molecule has 1 fully saturated rings. The third-order valence-electron chi connectivity index (χ3n) is 7.76. The second kappa shape index (κ2) is 12.1. The summed E-state index contributed by atoms with van der Waals surface area (Å²) in [6.45, 7) is 4.61. The molecule has 2 aliphatic rings. The van der Waals surface area contributed by atoms with Gasteiger partial charge in [0.25, 0.3) is 0 Å². The predicted molar refractivity (Wildman–Crippen MR) is 154 cm³/mol. The molecule has 3 heteroatoms. The first-order valence-corrected chi connectivity index (χ1v) is 24.0. The van der Waals surface area contributed by atoms with Gasteiger partial charge in [0.1, 0.15) is 0 Å². The molecule has 0 nitrogen and oxygen atoms in total. The predicted octanol–water partition coefficient (Wildman–Crippen LogP) is 10.6. The van der Waals surface area contributed by atoms with Gasteiger partial charge >= 0.3 is 217 Å². The van der Waals surface area contributed by atoms with E-state index in [1.807, 2.05) is 7.18 Å². The van der Waals surface area contributed by atoms with Crippen molar-refractivity contribution < 1.29 is 0 Å². The van der Waals surface area contributed by atoms with E-state index < -0.39 is 18.4 Å². The Morgan fingerprint density at radius 2 is 1.12 bits per heavy atom. The number of thiophene rings is 2. The van der Waals surface area contributed by atoms with E-state index in [1.165, 1.54) is 89.9 Å². The van der Waals surface area contributed by atoms with Gasteiger partial charge < -0.3 is 0 Å². The summed E-state index contributed by atoms with van der Waals surface area (Å²) in [6, 6.07) is 5.20. The van der Waals surface area contributed by atoms with E-state index in [1.54, 1.807) is 32.0 Å². The summed E-state index contributed by atoms with van der Waals surface area (Å²) in [6.07, 6.45) is 18.9. The summed E-state index contributed by atoms with van der Waals surface area (Å²) in [7, 11) is 0. The van der Waals surface area contributed by atoms with E-state index in [-0.39, 0.29) is 0 Å². The zero-order chi connectivity index (χ0) is 23.3. The molecule has 0 unspecified atom stereocenters. The van der Waals surface area contributed by atoms with Crippen LogP contribution >= 0.6 is 22.7 Å². The molecule has 180 valence electrons.